The van der Waals surface area contributed by atoms with E-state index in [9.17, 15) is 0 Å². The molecule has 1 aliphatic rings. The van der Waals surface area contributed by atoms with Gasteiger partial charge in [-0.05, 0) is 0 Å². The summed E-state index contributed by atoms with van der Waals surface area (Å²) in [4.78, 5) is 5.78. The van der Waals surface area contributed by atoms with Crippen LogP contribution in [-0.4, -0.2) is 25.8 Å². The minimum atomic E-state index is 0.124. The molecule has 0 bridgehead atoms. The van der Waals surface area contributed by atoms with Crippen molar-refractivity contribution in [3.8, 4) is 0 Å². The van der Waals surface area contributed by atoms with Crippen LogP contribution < -0.4 is 0 Å². The molecule has 3 atom stereocenters. The quantitative estimate of drug-likeness (QED) is 0.614. The zero-order chi connectivity index (χ0) is 15.1. The Morgan fingerprint density at radius 2 is 2.00 bits per heavy atom. The summed E-state index contributed by atoms with van der Waals surface area (Å²) < 4.78 is 6.14. The van der Waals surface area contributed by atoms with Crippen LogP contribution in [0.2, 0.25) is 5.32 Å². The third kappa shape index (κ3) is 4.86. The average Bonchev–Trinajstić information content (AvgIpc) is 2.89. The SMILES string of the molecule is CCCCC(CC)C[Se]C1=N[C@@H](C)[C@@H](c2ccccc2)O1. The van der Waals surface area contributed by atoms with Crippen molar-refractivity contribution in [2.75, 3.05) is 0 Å². The van der Waals surface area contributed by atoms with E-state index in [1.807, 2.05) is 6.07 Å². The Kier molecular flexibility index (Phi) is 6.79. The van der Waals surface area contributed by atoms with E-state index in [1.54, 1.807) is 0 Å². The second-order valence-electron chi connectivity index (χ2n) is 5.81. The van der Waals surface area contributed by atoms with Crippen molar-refractivity contribution in [1.82, 2.24) is 0 Å². The van der Waals surface area contributed by atoms with Crippen LogP contribution in [0.5, 0.6) is 0 Å². The molecule has 1 aromatic rings. The van der Waals surface area contributed by atoms with Crippen LogP contribution in [0.15, 0.2) is 35.3 Å². The fourth-order valence-corrected chi connectivity index (χ4v) is 5.12. The second kappa shape index (κ2) is 8.60. The summed E-state index contributed by atoms with van der Waals surface area (Å²) in [6.07, 6.45) is 5.42. The standard InChI is InChI=1S/C18H27NOSe/c1-4-6-10-15(5-2)13-21-18-19-14(3)17(20-18)16-11-8-7-9-12-16/h7-9,11-12,14-15,17H,4-6,10,13H2,1-3H3/t14-,15?,17-/m0/s1. The molecular weight excluding hydrogens is 325 g/mol. The fraction of sp³-hybridized carbons (Fsp3) is 0.611. The maximum absolute atomic E-state index is 6.14. The number of benzene rings is 1. The molecule has 3 heteroatoms. The van der Waals surface area contributed by atoms with Gasteiger partial charge in [0.2, 0.25) is 0 Å². The molecule has 0 aromatic heterocycles. The van der Waals surface area contributed by atoms with Crippen molar-refractivity contribution in [2.24, 2.45) is 10.9 Å². The molecule has 1 aliphatic heterocycles. The molecule has 0 saturated carbocycles. The first-order valence-corrected chi connectivity index (χ1v) is 10.2. The molecule has 116 valence electrons. The van der Waals surface area contributed by atoms with E-state index in [4.69, 9.17) is 9.73 Å². The Labute approximate surface area is 135 Å². The van der Waals surface area contributed by atoms with Gasteiger partial charge in [-0.3, -0.25) is 0 Å². The number of hydrogen-bond donors (Lipinski definition) is 0. The van der Waals surface area contributed by atoms with E-state index in [2.05, 4.69) is 45.0 Å². The van der Waals surface area contributed by atoms with Crippen LogP contribution in [-0.2, 0) is 4.74 Å². The molecule has 0 spiro atoms. The van der Waals surface area contributed by atoms with Crippen molar-refractivity contribution in [3.05, 3.63) is 35.9 Å². The van der Waals surface area contributed by atoms with Crippen LogP contribution in [0.1, 0.15) is 58.1 Å². The van der Waals surface area contributed by atoms with Crippen molar-refractivity contribution < 1.29 is 4.74 Å². The summed E-state index contributed by atoms with van der Waals surface area (Å²) >= 11 is 0.395. The van der Waals surface area contributed by atoms with Gasteiger partial charge in [-0.25, -0.2) is 0 Å². The molecular formula is C18H27NOSe. The first kappa shape index (κ1) is 16.6. The molecule has 1 unspecified atom stereocenters. The summed E-state index contributed by atoms with van der Waals surface area (Å²) in [5, 5.41) is 1.27. The Bertz CT molecular complexity index is 446. The van der Waals surface area contributed by atoms with Gasteiger partial charge in [0.05, 0.1) is 0 Å². The van der Waals surface area contributed by atoms with Gasteiger partial charge in [0, 0.05) is 0 Å². The van der Waals surface area contributed by atoms with E-state index in [0.29, 0.717) is 15.0 Å². The molecule has 0 radical (unpaired) electrons. The van der Waals surface area contributed by atoms with E-state index >= 15 is 0 Å². The number of hydrogen-bond acceptors (Lipinski definition) is 2. The zero-order valence-corrected chi connectivity index (χ0v) is 15.1. The molecule has 0 fully saturated rings. The molecule has 0 saturated heterocycles. The summed E-state index contributed by atoms with van der Waals surface area (Å²) in [7, 11) is 0. The fourth-order valence-electron chi connectivity index (χ4n) is 2.62. The molecule has 0 amide bonds. The van der Waals surface area contributed by atoms with Crippen LogP contribution in [0.4, 0.5) is 0 Å². The molecule has 1 heterocycles. The molecule has 0 N–H and O–H groups in total. The summed E-state index contributed by atoms with van der Waals surface area (Å²) in [5.41, 5.74) is 1.25. The van der Waals surface area contributed by atoms with Gasteiger partial charge >= 0.3 is 135 Å². The summed E-state index contributed by atoms with van der Waals surface area (Å²) in [6.45, 7) is 6.74. The maximum atomic E-state index is 6.14. The summed E-state index contributed by atoms with van der Waals surface area (Å²) in [6, 6.07) is 10.7. The van der Waals surface area contributed by atoms with E-state index in [0.717, 1.165) is 10.7 Å². The van der Waals surface area contributed by atoms with Crippen LogP contribution >= 0.6 is 0 Å². The topological polar surface area (TPSA) is 21.6 Å². The van der Waals surface area contributed by atoms with E-state index < -0.39 is 0 Å². The monoisotopic (exact) mass is 353 g/mol. The number of aliphatic imine (C=N–C) groups is 1. The Balaban J connectivity index is 1.84. The number of nitrogens with zero attached hydrogens (tertiary/aromatic N) is 1. The van der Waals surface area contributed by atoms with Crippen LogP contribution in [0, 0.1) is 5.92 Å². The predicted molar refractivity (Wildman–Crippen MR) is 91.0 cm³/mol. The van der Waals surface area contributed by atoms with Crippen molar-refractivity contribution in [1.29, 1.82) is 0 Å². The molecule has 21 heavy (non-hydrogen) atoms. The summed E-state index contributed by atoms with van der Waals surface area (Å²) in [5.74, 6) is 0.849. The van der Waals surface area contributed by atoms with Gasteiger partial charge in [-0.2, -0.15) is 0 Å². The molecule has 2 rings (SSSR count). The molecule has 0 aliphatic carbocycles. The van der Waals surface area contributed by atoms with E-state index in [1.165, 1.54) is 36.6 Å². The number of unbranched alkanes of at least 4 members (excludes halogenated alkanes) is 1. The van der Waals surface area contributed by atoms with E-state index in [-0.39, 0.29) is 12.1 Å². The molecule has 1 aromatic carbocycles. The Morgan fingerprint density at radius 1 is 1.24 bits per heavy atom. The third-order valence-corrected chi connectivity index (χ3v) is 6.37. The van der Waals surface area contributed by atoms with Gasteiger partial charge in [0.15, 0.2) is 0 Å². The van der Waals surface area contributed by atoms with Gasteiger partial charge < -0.3 is 0 Å². The van der Waals surface area contributed by atoms with Crippen molar-refractivity contribution >= 4 is 19.8 Å². The second-order valence-corrected chi connectivity index (χ2v) is 7.85. The predicted octanol–water partition coefficient (Wildman–Crippen LogP) is 4.84. The zero-order valence-electron chi connectivity index (χ0n) is 13.4. The first-order valence-electron chi connectivity index (χ1n) is 8.16. The van der Waals surface area contributed by atoms with Gasteiger partial charge in [0.25, 0.3) is 0 Å². The Hall–Kier alpha value is -0.791. The van der Waals surface area contributed by atoms with Gasteiger partial charge in [-0.1, -0.05) is 0 Å². The molecule has 2 nitrogen and oxygen atoms in total. The van der Waals surface area contributed by atoms with Gasteiger partial charge in [0.1, 0.15) is 0 Å². The van der Waals surface area contributed by atoms with Crippen molar-refractivity contribution in [2.45, 2.75) is 63.9 Å². The third-order valence-electron chi connectivity index (χ3n) is 4.09. The normalized spacial score (nSPS) is 22.7. The minimum absolute atomic E-state index is 0.124. The average molecular weight is 352 g/mol. The van der Waals surface area contributed by atoms with Crippen LogP contribution in [0.3, 0.4) is 0 Å². The van der Waals surface area contributed by atoms with Gasteiger partial charge in [-0.15, -0.1) is 0 Å². The number of ether oxygens (including phenoxy) is 1. The number of rotatable bonds is 8. The Morgan fingerprint density at radius 3 is 2.67 bits per heavy atom. The van der Waals surface area contributed by atoms with Crippen molar-refractivity contribution in [3.63, 3.8) is 0 Å². The first-order chi connectivity index (χ1) is 10.2. The van der Waals surface area contributed by atoms with Crippen LogP contribution in [0.25, 0.3) is 0 Å².